The average molecular weight is 324 g/mol. The second-order valence-corrected chi connectivity index (χ2v) is 4.85. The van der Waals surface area contributed by atoms with E-state index in [2.05, 4.69) is 15.3 Å². The summed E-state index contributed by atoms with van der Waals surface area (Å²) in [6, 6.07) is 0. The first-order valence-electron chi connectivity index (χ1n) is 7.48. The zero-order valence-electron chi connectivity index (χ0n) is 13.2. The molecule has 0 radical (unpaired) electrons. The molecule has 1 fully saturated rings. The maximum absolute atomic E-state index is 11.7. The van der Waals surface area contributed by atoms with Crippen LogP contribution in [0.25, 0.3) is 0 Å². The third-order valence-electron chi connectivity index (χ3n) is 3.43. The van der Waals surface area contributed by atoms with E-state index in [1.54, 1.807) is 16.7 Å². The summed E-state index contributed by atoms with van der Waals surface area (Å²) >= 11 is 0. The van der Waals surface area contributed by atoms with Gasteiger partial charge in [-0.25, -0.2) is 14.8 Å². The first-order chi connectivity index (χ1) is 11.1. The molecule has 2 rings (SSSR count). The van der Waals surface area contributed by atoms with E-state index in [1.165, 1.54) is 6.33 Å². The molecule has 1 aromatic rings. The van der Waals surface area contributed by atoms with E-state index < -0.39 is 4.92 Å². The normalized spacial score (nSPS) is 14.5. The lowest BCUT2D eigenvalue weighted by molar-refractivity contribution is -0.383. The number of nitrogens with zero attached hydrogens (tertiary/aromatic N) is 5. The molecule has 126 valence electrons. The molecule has 1 aliphatic rings. The quantitative estimate of drug-likeness (QED) is 0.632. The predicted molar refractivity (Wildman–Crippen MR) is 83.7 cm³/mol. The molecule has 0 aliphatic carbocycles. The Kier molecular flexibility index (Phi) is 5.50. The third-order valence-corrected chi connectivity index (χ3v) is 3.43. The van der Waals surface area contributed by atoms with Crippen LogP contribution in [-0.2, 0) is 4.74 Å². The lowest BCUT2D eigenvalue weighted by Crippen LogP contribution is -2.49. The molecule has 0 unspecified atom stereocenters. The van der Waals surface area contributed by atoms with Gasteiger partial charge in [0.15, 0.2) is 0 Å². The number of aromatic nitrogens is 2. The standard InChI is InChI=1S/C13H20N6O4/c1-3-14-11-10(19(21)22)12(16-9-15-11)17-5-7-18(8-6-17)13(20)23-4-2/h9H,3-8H2,1-2H3,(H,14,15,16). The Hall–Kier alpha value is -2.65. The lowest BCUT2D eigenvalue weighted by atomic mass is 10.3. The topological polar surface area (TPSA) is 114 Å². The Morgan fingerprint density at radius 2 is 2.04 bits per heavy atom. The van der Waals surface area contributed by atoms with Crippen LogP contribution in [0.1, 0.15) is 13.8 Å². The van der Waals surface area contributed by atoms with Crippen LogP contribution >= 0.6 is 0 Å². The van der Waals surface area contributed by atoms with Gasteiger partial charge in [0.25, 0.3) is 0 Å². The molecule has 1 amide bonds. The number of nitro groups is 1. The van der Waals surface area contributed by atoms with Crippen molar-refractivity contribution in [1.29, 1.82) is 0 Å². The molecule has 1 aliphatic heterocycles. The number of anilines is 2. The van der Waals surface area contributed by atoms with Crippen molar-refractivity contribution in [3.63, 3.8) is 0 Å². The number of amides is 1. The summed E-state index contributed by atoms with van der Waals surface area (Å²) in [6.45, 7) is 6.18. The zero-order valence-corrected chi connectivity index (χ0v) is 13.2. The van der Waals surface area contributed by atoms with E-state index in [9.17, 15) is 14.9 Å². The van der Waals surface area contributed by atoms with Crippen LogP contribution in [0.2, 0.25) is 0 Å². The maximum atomic E-state index is 11.7. The summed E-state index contributed by atoms with van der Waals surface area (Å²) in [4.78, 5) is 34.0. The van der Waals surface area contributed by atoms with Crippen LogP contribution in [-0.4, -0.2) is 65.2 Å². The van der Waals surface area contributed by atoms with E-state index >= 15 is 0 Å². The van der Waals surface area contributed by atoms with Gasteiger partial charge in [0, 0.05) is 32.7 Å². The van der Waals surface area contributed by atoms with Crippen molar-refractivity contribution in [2.24, 2.45) is 0 Å². The van der Waals surface area contributed by atoms with Gasteiger partial charge in [-0.3, -0.25) is 10.1 Å². The number of hydrogen-bond donors (Lipinski definition) is 1. The van der Waals surface area contributed by atoms with E-state index in [-0.39, 0.29) is 23.4 Å². The minimum absolute atomic E-state index is 0.140. The number of ether oxygens (including phenoxy) is 1. The minimum Gasteiger partial charge on any atom is -0.450 e. The van der Waals surface area contributed by atoms with Gasteiger partial charge in [-0.2, -0.15) is 0 Å². The molecule has 1 aromatic heterocycles. The van der Waals surface area contributed by atoms with Gasteiger partial charge in [0.1, 0.15) is 6.33 Å². The molecule has 1 N–H and O–H groups in total. The number of carbonyl (C=O) groups is 1. The fourth-order valence-electron chi connectivity index (χ4n) is 2.38. The van der Waals surface area contributed by atoms with Gasteiger partial charge < -0.3 is 19.9 Å². The van der Waals surface area contributed by atoms with Crippen LogP contribution in [0.4, 0.5) is 22.1 Å². The van der Waals surface area contributed by atoms with Crippen LogP contribution in [0.15, 0.2) is 6.33 Å². The van der Waals surface area contributed by atoms with Crippen molar-refractivity contribution in [2.75, 3.05) is 49.5 Å². The van der Waals surface area contributed by atoms with Crippen molar-refractivity contribution in [1.82, 2.24) is 14.9 Å². The van der Waals surface area contributed by atoms with Crippen molar-refractivity contribution >= 4 is 23.4 Å². The van der Waals surface area contributed by atoms with Crippen LogP contribution in [0.5, 0.6) is 0 Å². The summed E-state index contributed by atoms with van der Waals surface area (Å²) < 4.78 is 4.96. The molecule has 0 bridgehead atoms. The Bertz CT molecular complexity index is 574. The maximum Gasteiger partial charge on any atom is 0.409 e. The van der Waals surface area contributed by atoms with Gasteiger partial charge in [-0.1, -0.05) is 0 Å². The number of nitrogens with one attached hydrogen (secondary N) is 1. The van der Waals surface area contributed by atoms with Crippen LogP contribution in [0.3, 0.4) is 0 Å². The Morgan fingerprint density at radius 3 is 2.61 bits per heavy atom. The van der Waals surface area contributed by atoms with Gasteiger partial charge in [-0.05, 0) is 13.8 Å². The summed E-state index contributed by atoms with van der Waals surface area (Å²) in [5.74, 6) is 0.472. The predicted octanol–water partition coefficient (Wildman–Crippen LogP) is 1.10. The molecule has 0 saturated carbocycles. The molecular weight excluding hydrogens is 304 g/mol. The zero-order chi connectivity index (χ0) is 16.8. The van der Waals surface area contributed by atoms with Crippen molar-refractivity contribution in [3.05, 3.63) is 16.4 Å². The van der Waals surface area contributed by atoms with E-state index in [0.29, 0.717) is 39.3 Å². The molecule has 2 heterocycles. The third kappa shape index (κ3) is 3.76. The highest BCUT2D eigenvalue weighted by Crippen LogP contribution is 2.32. The summed E-state index contributed by atoms with van der Waals surface area (Å²) in [5.41, 5.74) is -0.140. The lowest BCUT2D eigenvalue weighted by Gasteiger charge is -2.34. The fraction of sp³-hybridized carbons (Fsp3) is 0.615. The average Bonchev–Trinajstić information content (AvgIpc) is 2.55. The van der Waals surface area contributed by atoms with Crippen molar-refractivity contribution < 1.29 is 14.5 Å². The first-order valence-corrected chi connectivity index (χ1v) is 7.48. The number of piperazine rings is 1. The Morgan fingerprint density at radius 1 is 1.35 bits per heavy atom. The van der Waals surface area contributed by atoms with Crippen LogP contribution in [0, 0.1) is 10.1 Å². The second kappa shape index (κ2) is 7.56. The molecule has 10 nitrogen and oxygen atoms in total. The van der Waals surface area contributed by atoms with E-state index in [0.717, 1.165) is 0 Å². The fourth-order valence-corrected chi connectivity index (χ4v) is 2.38. The second-order valence-electron chi connectivity index (χ2n) is 4.85. The first kappa shape index (κ1) is 16.7. The van der Waals surface area contributed by atoms with Gasteiger partial charge in [0.2, 0.25) is 11.6 Å². The summed E-state index contributed by atoms with van der Waals surface area (Å²) in [5, 5.41) is 14.3. The van der Waals surface area contributed by atoms with Gasteiger partial charge in [0.05, 0.1) is 11.5 Å². The molecule has 1 saturated heterocycles. The molecular formula is C13H20N6O4. The Balaban J connectivity index is 2.16. The minimum atomic E-state index is -0.481. The highest BCUT2D eigenvalue weighted by molar-refractivity contribution is 5.71. The van der Waals surface area contributed by atoms with E-state index in [1.807, 2.05) is 6.92 Å². The highest BCUT2D eigenvalue weighted by Gasteiger charge is 2.30. The molecule has 0 spiro atoms. The van der Waals surface area contributed by atoms with Crippen molar-refractivity contribution in [3.8, 4) is 0 Å². The van der Waals surface area contributed by atoms with E-state index in [4.69, 9.17) is 4.74 Å². The monoisotopic (exact) mass is 324 g/mol. The largest absolute Gasteiger partial charge is 0.450 e. The number of carbonyl (C=O) groups excluding carboxylic acids is 1. The highest BCUT2D eigenvalue weighted by atomic mass is 16.6. The SMILES string of the molecule is CCNc1ncnc(N2CCN(C(=O)OCC)CC2)c1[N+](=O)[O-]. The van der Waals surface area contributed by atoms with Gasteiger partial charge >= 0.3 is 11.8 Å². The smallest absolute Gasteiger partial charge is 0.409 e. The summed E-state index contributed by atoms with van der Waals surface area (Å²) in [7, 11) is 0. The van der Waals surface area contributed by atoms with Gasteiger partial charge in [-0.15, -0.1) is 0 Å². The Labute approximate surface area is 133 Å². The van der Waals surface area contributed by atoms with Crippen molar-refractivity contribution in [2.45, 2.75) is 13.8 Å². The number of rotatable bonds is 5. The molecule has 10 heteroatoms. The molecule has 0 atom stereocenters. The molecule has 0 aromatic carbocycles. The molecule has 23 heavy (non-hydrogen) atoms. The summed E-state index contributed by atoms with van der Waals surface area (Å²) in [6.07, 6.45) is 0.940. The number of hydrogen-bond acceptors (Lipinski definition) is 8. The van der Waals surface area contributed by atoms with Crippen LogP contribution < -0.4 is 10.2 Å².